The summed E-state index contributed by atoms with van der Waals surface area (Å²) in [7, 11) is 0. The number of nitrogens with one attached hydrogen (secondary N) is 1. The van der Waals surface area contributed by atoms with Crippen LogP contribution in [0.4, 0.5) is 0 Å². The Balaban J connectivity index is 1.45. The highest BCUT2D eigenvalue weighted by atomic mass is 32.2. The number of tetrazole rings is 1. The quantitative estimate of drug-likeness (QED) is 0.586. The molecule has 0 amide bonds. The van der Waals surface area contributed by atoms with Crippen molar-refractivity contribution >= 4 is 11.8 Å². The van der Waals surface area contributed by atoms with Crippen molar-refractivity contribution in [1.29, 1.82) is 0 Å². The third-order valence-electron chi connectivity index (χ3n) is 2.98. The van der Waals surface area contributed by atoms with Crippen LogP contribution in [0, 0.1) is 0 Å². The topological polar surface area (TPSA) is 55.6 Å². The lowest BCUT2D eigenvalue weighted by Crippen LogP contribution is -2.19. The molecule has 0 spiro atoms. The molecule has 5 nitrogen and oxygen atoms in total. The van der Waals surface area contributed by atoms with E-state index in [1.54, 1.807) is 11.8 Å². The monoisotopic (exact) mass is 251 g/mol. The summed E-state index contributed by atoms with van der Waals surface area (Å²) in [6.07, 6.45) is 5.06. The number of hydrogen-bond donors (Lipinski definition) is 1. The molecule has 0 aliphatic heterocycles. The number of rotatable bonds is 7. The molecule has 17 heavy (non-hydrogen) atoms. The second-order valence-electron chi connectivity index (χ2n) is 4.83. The molecule has 1 aromatic heterocycles. The van der Waals surface area contributed by atoms with Crippen molar-refractivity contribution in [3.63, 3.8) is 0 Å². The normalized spacial score (nSPS) is 19.5. The van der Waals surface area contributed by atoms with Crippen LogP contribution in [0.15, 0.2) is 17.3 Å². The summed E-state index contributed by atoms with van der Waals surface area (Å²) < 4.78 is 1.95. The third kappa shape index (κ3) is 3.07. The van der Waals surface area contributed by atoms with E-state index in [1.165, 1.54) is 31.3 Å². The first-order chi connectivity index (χ1) is 8.33. The van der Waals surface area contributed by atoms with Gasteiger partial charge < -0.3 is 5.32 Å². The Hall–Kier alpha value is -0.880. The number of aromatic nitrogens is 4. The van der Waals surface area contributed by atoms with Crippen LogP contribution in [0.25, 0.3) is 0 Å². The van der Waals surface area contributed by atoms with Crippen molar-refractivity contribution in [2.24, 2.45) is 0 Å². The van der Waals surface area contributed by atoms with Crippen molar-refractivity contribution in [2.45, 2.75) is 42.9 Å². The lowest BCUT2D eigenvalue weighted by Gasteiger charge is -2.06. The summed E-state index contributed by atoms with van der Waals surface area (Å²) in [4.78, 5) is 0. The fourth-order valence-corrected chi connectivity index (χ4v) is 2.47. The summed E-state index contributed by atoms with van der Waals surface area (Å²) in [6.45, 7) is 5.00. The summed E-state index contributed by atoms with van der Waals surface area (Å²) in [5, 5.41) is 16.2. The van der Waals surface area contributed by atoms with Crippen molar-refractivity contribution in [2.75, 3.05) is 12.3 Å². The highest BCUT2D eigenvalue weighted by Crippen LogP contribution is 2.36. The molecule has 2 saturated carbocycles. The molecule has 1 N–H and O–H groups in total. The van der Waals surface area contributed by atoms with E-state index in [4.69, 9.17) is 0 Å². The molecule has 0 atom stereocenters. The van der Waals surface area contributed by atoms with E-state index in [0.29, 0.717) is 6.04 Å². The van der Waals surface area contributed by atoms with E-state index in [2.05, 4.69) is 27.4 Å². The first-order valence-corrected chi connectivity index (χ1v) is 7.12. The van der Waals surface area contributed by atoms with Crippen molar-refractivity contribution in [3.05, 3.63) is 12.2 Å². The zero-order chi connectivity index (χ0) is 11.7. The Kier molecular flexibility index (Phi) is 3.15. The van der Waals surface area contributed by atoms with Gasteiger partial charge in [-0.05, 0) is 36.1 Å². The lowest BCUT2D eigenvalue weighted by atomic mass is 10.3. The number of thioether (sulfide) groups is 1. The Labute approximate surface area is 105 Å². The summed E-state index contributed by atoms with van der Waals surface area (Å²) in [5.41, 5.74) is 1.22. The van der Waals surface area contributed by atoms with Gasteiger partial charge in [-0.3, -0.25) is 0 Å². The van der Waals surface area contributed by atoms with Gasteiger partial charge in [-0.2, -0.15) is 0 Å². The van der Waals surface area contributed by atoms with E-state index in [1.807, 2.05) is 4.68 Å². The van der Waals surface area contributed by atoms with Gasteiger partial charge >= 0.3 is 0 Å². The van der Waals surface area contributed by atoms with Crippen LogP contribution >= 0.6 is 11.8 Å². The Morgan fingerprint density at radius 3 is 2.94 bits per heavy atom. The van der Waals surface area contributed by atoms with Crippen LogP contribution in [0.1, 0.15) is 31.7 Å². The fraction of sp³-hybridized carbons (Fsp3) is 0.727. The van der Waals surface area contributed by atoms with Crippen LogP contribution in [0.2, 0.25) is 0 Å². The Bertz CT molecular complexity index is 408. The highest BCUT2D eigenvalue weighted by molar-refractivity contribution is 7.99. The van der Waals surface area contributed by atoms with Gasteiger partial charge in [0.1, 0.15) is 0 Å². The second-order valence-corrected chi connectivity index (χ2v) is 5.77. The molecule has 2 aliphatic carbocycles. The molecule has 0 unspecified atom stereocenters. The third-order valence-corrected chi connectivity index (χ3v) is 4.06. The molecule has 6 heteroatoms. The molecule has 0 bridgehead atoms. The predicted octanol–water partition coefficient (Wildman–Crippen LogP) is 1.41. The van der Waals surface area contributed by atoms with Crippen LogP contribution in [0.3, 0.4) is 0 Å². The van der Waals surface area contributed by atoms with Crippen molar-refractivity contribution in [1.82, 2.24) is 25.5 Å². The maximum absolute atomic E-state index is 4.08. The molecule has 0 saturated heterocycles. The van der Waals surface area contributed by atoms with Gasteiger partial charge in [0.2, 0.25) is 5.16 Å². The van der Waals surface area contributed by atoms with E-state index in [0.717, 1.165) is 23.5 Å². The molecule has 2 fully saturated rings. The highest BCUT2D eigenvalue weighted by Gasteiger charge is 2.27. The standard InChI is InChI=1S/C11H17N5S/c1-8(6-12-9-2-3-9)7-17-11-13-14-15-16(11)10-4-5-10/h9-10,12H,1-7H2. The van der Waals surface area contributed by atoms with Crippen LogP contribution in [0.5, 0.6) is 0 Å². The smallest absolute Gasteiger partial charge is 0.209 e. The average molecular weight is 251 g/mol. The zero-order valence-corrected chi connectivity index (χ0v) is 10.6. The van der Waals surface area contributed by atoms with Crippen molar-refractivity contribution < 1.29 is 0 Å². The largest absolute Gasteiger partial charge is 0.310 e. The minimum atomic E-state index is 0.547. The second kappa shape index (κ2) is 4.78. The van der Waals surface area contributed by atoms with Gasteiger partial charge in [0.15, 0.2) is 0 Å². The van der Waals surface area contributed by atoms with E-state index < -0.39 is 0 Å². The van der Waals surface area contributed by atoms with E-state index in [9.17, 15) is 0 Å². The Morgan fingerprint density at radius 1 is 1.41 bits per heavy atom. The van der Waals surface area contributed by atoms with E-state index in [-0.39, 0.29) is 0 Å². The van der Waals surface area contributed by atoms with Crippen LogP contribution in [-0.2, 0) is 0 Å². The van der Waals surface area contributed by atoms with Gasteiger partial charge in [0.05, 0.1) is 6.04 Å². The first-order valence-electron chi connectivity index (χ1n) is 6.13. The molecule has 0 radical (unpaired) electrons. The molecular formula is C11H17N5S. The number of nitrogens with zero attached hydrogens (tertiary/aromatic N) is 4. The van der Waals surface area contributed by atoms with Gasteiger partial charge in [-0.25, -0.2) is 4.68 Å². The van der Waals surface area contributed by atoms with Gasteiger partial charge in [0.25, 0.3) is 0 Å². The predicted molar refractivity (Wildman–Crippen MR) is 67.0 cm³/mol. The van der Waals surface area contributed by atoms with Crippen LogP contribution < -0.4 is 5.32 Å². The molecule has 3 rings (SSSR count). The average Bonchev–Trinajstić information content (AvgIpc) is 3.24. The van der Waals surface area contributed by atoms with Crippen LogP contribution in [-0.4, -0.2) is 38.5 Å². The summed E-state index contributed by atoms with van der Waals surface area (Å²) >= 11 is 1.69. The minimum absolute atomic E-state index is 0.547. The van der Waals surface area contributed by atoms with Gasteiger partial charge in [0, 0.05) is 18.3 Å². The molecule has 92 valence electrons. The fourth-order valence-electron chi connectivity index (χ4n) is 1.62. The molecule has 1 aromatic rings. The van der Waals surface area contributed by atoms with Gasteiger partial charge in [-0.1, -0.05) is 23.9 Å². The maximum Gasteiger partial charge on any atom is 0.209 e. The molecule has 0 aromatic carbocycles. The van der Waals surface area contributed by atoms with E-state index >= 15 is 0 Å². The minimum Gasteiger partial charge on any atom is -0.310 e. The first kappa shape index (κ1) is 11.2. The molecule has 2 aliphatic rings. The summed E-state index contributed by atoms with van der Waals surface area (Å²) in [6, 6.07) is 1.29. The Morgan fingerprint density at radius 2 is 2.24 bits per heavy atom. The molecule has 1 heterocycles. The number of hydrogen-bond acceptors (Lipinski definition) is 5. The summed E-state index contributed by atoms with van der Waals surface area (Å²) in [5.74, 6) is 0.896. The lowest BCUT2D eigenvalue weighted by molar-refractivity contribution is 0.565. The molecular weight excluding hydrogens is 234 g/mol. The zero-order valence-electron chi connectivity index (χ0n) is 9.80. The van der Waals surface area contributed by atoms with Gasteiger partial charge in [-0.15, -0.1) is 5.10 Å². The SMILES string of the molecule is C=C(CNC1CC1)CSc1nnnn1C1CC1. The maximum atomic E-state index is 4.08. The van der Waals surface area contributed by atoms with Crippen molar-refractivity contribution in [3.8, 4) is 0 Å².